The van der Waals surface area contributed by atoms with Gasteiger partial charge in [-0.15, -0.1) is 0 Å². The molecule has 25 heavy (non-hydrogen) atoms. The Morgan fingerprint density at radius 3 is 2.80 bits per heavy atom. The van der Waals surface area contributed by atoms with Crippen molar-refractivity contribution in [2.24, 2.45) is 0 Å². The molecule has 1 aromatic heterocycles. The summed E-state index contributed by atoms with van der Waals surface area (Å²) in [5.74, 6) is -0.380. The van der Waals surface area contributed by atoms with Gasteiger partial charge in [-0.2, -0.15) is 5.26 Å². The minimum Gasteiger partial charge on any atom is -0.487 e. The van der Waals surface area contributed by atoms with E-state index in [9.17, 15) is 15.2 Å². The summed E-state index contributed by atoms with van der Waals surface area (Å²) in [5.41, 5.74) is 4.18. The lowest BCUT2D eigenvalue weighted by molar-refractivity contribution is 0.0688. The van der Waals surface area contributed by atoms with E-state index in [-0.39, 0.29) is 12.3 Å². The van der Waals surface area contributed by atoms with Crippen LogP contribution in [0.15, 0.2) is 35.9 Å². The van der Waals surface area contributed by atoms with Crippen molar-refractivity contribution in [3.8, 4) is 11.8 Å². The van der Waals surface area contributed by atoms with E-state index in [1.807, 2.05) is 37.3 Å². The molecule has 0 unspecified atom stereocenters. The third kappa shape index (κ3) is 2.99. The highest BCUT2D eigenvalue weighted by atomic mass is 16.5. The van der Waals surface area contributed by atoms with Gasteiger partial charge in [-0.3, -0.25) is 0 Å². The van der Waals surface area contributed by atoms with Gasteiger partial charge in [0.2, 0.25) is 0 Å². The number of carboxylic acids is 1. The molecule has 0 fully saturated rings. The summed E-state index contributed by atoms with van der Waals surface area (Å²) in [6.45, 7) is 3.92. The van der Waals surface area contributed by atoms with Gasteiger partial charge in [-0.1, -0.05) is 31.5 Å². The van der Waals surface area contributed by atoms with Crippen LogP contribution in [0.25, 0.3) is 5.57 Å². The highest BCUT2D eigenvalue weighted by Crippen LogP contribution is 2.38. The Morgan fingerprint density at radius 2 is 2.12 bits per heavy atom. The standard InChI is InChI=1S/C20H18N2O3/c1-3-6-13-9-15-16(22-19(13)20(23)24)11-25-17-8-5-4-7-14(17)18(15)12(2)10-21/h4-5,7-9H,3,6,11H2,1-2H3,(H,23,24). The molecule has 0 saturated heterocycles. The molecule has 0 bridgehead atoms. The molecule has 1 N–H and O–H groups in total. The van der Waals surface area contributed by atoms with Crippen LogP contribution in [-0.2, 0) is 13.0 Å². The van der Waals surface area contributed by atoms with Crippen LogP contribution in [-0.4, -0.2) is 16.1 Å². The molecule has 1 aromatic carbocycles. The van der Waals surface area contributed by atoms with E-state index < -0.39 is 5.97 Å². The van der Waals surface area contributed by atoms with Crippen molar-refractivity contribution < 1.29 is 14.6 Å². The highest BCUT2D eigenvalue weighted by molar-refractivity contribution is 5.91. The maximum atomic E-state index is 11.6. The number of para-hydroxylation sites is 1. The largest absolute Gasteiger partial charge is 0.487 e. The van der Waals surface area contributed by atoms with Crippen LogP contribution in [0.1, 0.15) is 53.1 Å². The number of allylic oxidation sites excluding steroid dienone is 1. The predicted molar refractivity (Wildman–Crippen MR) is 93.3 cm³/mol. The first-order valence-corrected chi connectivity index (χ1v) is 8.16. The van der Waals surface area contributed by atoms with E-state index >= 15 is 0 Å². The Balaban J connectivity index is 2.33. The molecule has 0 aliphatic carbocycles. The molecule has 0 spiro atoms. The van der Waals surface area contributed by atoms with Crippen molar-refractivity contribution in [3.05, 3.63) is 64.0 Å². The highest BCUT2D eigenvalue weighted by Gasteiger charge is 2.25. The Hall–Kier alpha value is -3.13. The number of carbonyl (C=O) groups is 1. The second-order valence-electron chi connectivity index (χ2n) is 5.94. The Labute approximate surface area is 146 Å². The van der Waals surface area contributed by atoms with Crippen LogP contribution in [0.5, 0.6) is 5.75 Å². The minimum absolute atomic E-state index is 0.0594. The van der Waals surface area contributed by atoms with Gasteiger partial charge in [0.05, 0.1) is 11.8 Å². The van der Waals surface area contributed by atoms with E-state index in [2.05, 4.69) is 11.1 Å². The summed E-state index contributed by atoms with van der Waals surface area (Å²) in [4.78, 5) is 16.0. The Morgan fingerprint density at radius 1 is 1.36 bits per heavy atom. The molecule has 0 radical (unpaired) electrons. The van der Waals surface area contributed by atoms with Gasteiger partial charge in [0.25, 0.3) is 0 Å². The number of nitriles is 1. The van der Waals surface area contributed by atoms with Crippen molar-refractivity contribution in [2.45, 2.75) is 33.3 Å². The average Bonchev–Trinajstić information content (AvgIpc) is 2.77. The van der Waals surface area contributed by atoms with Crippen LogP contribution in [0.2, 0.25) is 0 Å². The molecule has 3 rings (SSSR count). The second kappa shape index (κ2) is 6.78. The molecular weight excluding hydrogens is 316 g/mol. The summed E-state index contributed by atoms with van der Waals surface area (Å²) in [7, 11) is 0. The minimum atomic E-state index is -1.05. The lowest BCUT2D eigenvalue weighted by atomic mass is 9.91. The molecule has 0 amide bonds. The topological polar surface area (TPSA) is 83.2 Å². The monoisotopic (exact) mass is 334 g/mol. The molecule has 1 aliphatic rings. The van der Waals surface area contributed by atoms with E-state index in [1.54, 1.807) is 6.92 Å². The number of ether oxygens (including phenoxy) is 1. The normalized spacial score (nSPS) is 14.4. The van der Waals surface area contributed by atoms with Crippen LogP contribution >= 0.6 is 0 Å². The number of aromatic carboxylic acids is 1. The van der Waals surface area contributed by atoms with Crippen LogP contribution in [0, 0.1) is 11.3 Å². The van der Waals surface area contributed by atoms with E-state index in [0.717, 1.165) is 23.1 Å². The molecule has 5 nitrogen and oxygen atoms in total. The quantitative estimate of drug-likeness (QED) is 0.859. The lowest BCUT2D eigenvalue weighted by Crippen LogP contribution is -2.11. The SMILES string of the molecule is CCCc1cc2c(nc1C(=O)O)COc1ccccc1C2=C(C)C#N. The van der Waals surface area contributed by atoms with Crippen LogP contribution in [0.3, 0.4) is 0 Å². The van der Waals surface area contributed by atoms with Gasteiger partial charge in [-0.25, -0.2) is 9.78 Å². The molecule has 0 atom stereocenters. The fraction of sp³-hybridized carbons (Fsp3) is 0.250. The molecular formula is C20H18N2O3. The first-order chi connectivity index (χ1) is 12.1. The van der Waals surface area contributed by atoms with Gasteiger partial charge in [0.1, 0.15) is 12.4 Å². The summed E-state index contributed by atoms with van der Waals surface area (Å²) in [6.07, 6.45) is 1.42. The van der Waals surface area contributed by atoms with Gasteiger partial charge in [-0.05, 0) is 31.0 Å². The second-order valence-corrected chi connectivity index (χ2v) is 5.94. The molecule has 0 saturated carbocycles. The van der Waals surface area contributed by atoms with E-state index in [0.29, 0.717) is 29.0 Å². The summed E-state index contributed by atoms with van der Waals surface area (Å²) in [6, 6.07) is 11.6. The lowest BCUT2D eigenvalue weighted by Gasteiger charge is -2.14. The number of hydrogen-bond donors (Lipinski definition) is 1. The van der Waals surface area contributed by atoms with Crippen LogP contribution < -0.4 is 4.74 Å². The molecule has 2 aromatic rings. The number of carboxylic acid groups (broad SMARTS) is 1. The van der Waals surface area contributed by atoms with Crippen molar-refractivity contribution in [1.82, 2.24) is 4.98 Å². The van der Waals surface area contributed by atoms with E-state index in [1.165, 1.54) is 0 Å². The van der Waals surface area contributed by atoms with Crippen LogP contribution in [0.4, 0.5) is 0 Å². The maximum Gasteiger partial charge on any atom is 0.354 e. The third-order valence-corrected chi connectivity index (χ3v) is 4.24. The van der Waals surface area contributed by atoms with Gasteiger partial charge < -0.3 is 9.84 Å². The number of fused-ring (bicyclic) bond motifs is 2. The van der Waals surface area contributed by atoms with Gasteiger partial charge >= 0.3 is 5.97 Å². The number of hydrogen-bond acceptors (Lipinski definition) is 4. The summed E-state index contributed by atoms with van der Waals surface area (Å²) >= 11 is 0. The number of aromatic nitrogens is 1. The summed E-state index contributed by atoms with van der Waals surface area (Å²) < 4.78 is 5.84. The average molecular weight is 334 g/mol. The first kappa shape index (κ1) is 16.7. The van der Waals surface area contributed by atoms with Gasteiger partial charge in [0.15, 0.2) is 5.69 Å². The fourth-order valence-electron chi connectivity index (χ4n) is 3.11. The zero-order valence-corrected chi connectivity index (χ0v) is 14.2. The number of nitrogens with zero attached hydrogens (tertiary/aromatic N) is 2. The molecule has 126 valence electrons. The summed E-state index contributed by atoms with van der Waals surface area (Å²) in [5, 5.41) is 19.0. The number of aryl methyl sites for hydroxylation is 1. The zero-order valence-electron chi connectivity index (χ0n) is 14.2. The smallest absolute Gasteiger partial charge is 0.354 e. The molecule has 2 heterocycles. The number of benzene rings is 1. The van der Waals surface area contributed by atoms with Crippen molar-refractivity contribution in [1.29, 1.82) is 5.26 Å². The third-order valence-electron chi connectivity index (χ3n) is 4.24. The van der Waals surface area contributed by atoms with Crippen molar-refractivity contribution in [2.75, 3.05) is 0 Å². The van der Waals surface area contributed by atoms with Gasteiger partial charge in [0, 0.05) is 22.3 Å². The number of rotatable bonds is 3. The predicted octanol–water partition coefficient (Wildman–Crippen LogP) is 3.97. The number of pyridine rings is 1. The van der Waals surface area contributed by atoms with E-state index in [4.69, 9.17) is 4.74 Å². The molecule has 1 aliphatic heterocycles. The zero-order chi connectivity index (χ0) is 18.0. The Bertz CT molecular complexity index is 923. The van der Waals surface area contributed by atoms with Crippen molar-refractivity contribution in [3.63, 3.8) is 0 Å². The first-order valence-electron chi connectivity index (χ1n) is 8.16. The molecule has 5 heteroatoms. The maximum absolute atomic E-state index is 11.6. The van der Waals surface area contributed by atoms with Crippen molar-refractivity contribution >= 4 is 11.5 Å². The fourth-order valence-corrected chi connectivity index (χ4v) is 3.11. The Kier molecular flexibility index (Phi) is 4.53.